The summed E-state index contributed by atoms with van der Waals surface area (Å²) in [6, 6.07) is 0. The van der Waals surface area contributed by atoms with E-state index in [2.05, 4.69) is 95.6 Å². The third kappa shape index (κ3) is 7.78. The highest BCUT2D eigenvalue weighted by Crippen LogP contribution is 2.49. The van der Waals surface area contributed by atoms with Crippen molar-refractivity contribution in [2.24, 2.45) is 11.8 Å². The van der Waals surface area contributed by atoms with Crippen molar-refractivity contribution in [3.8, 4) is 0 Å². The van der Waals surface area contributed by atoms with Gasteiger partial charge in [0.05, 0.1) is 6.10 Å². The lowest BCUT2D eigenvalue weighted by molar-refractivity contribution is -0.279. The number of hydrogen-bond acceptors (Lipinski definition) is 4. The summed E-state index contributed by atoms with van der Waals surface area (Å²) in [5, 5.41) is 0. The van der Waals surface area contributed by atoms with Gasteiger partial charge in [-0.25, -0.2) is 0 Å². The van der Waals surface area contributed by atoms with Crippen molar-refractivity contribution < 1.29 is 18.3 Å². The Morgan fingerprint density at radius 3 is 2.18 bits per heavy atom. The molecule has 1 saturated heterocycles. The monoisotopic (exact) mass is 542 g/mol. The number of ether oxygens (including phenoxy) is 2. The smallest absolute Gasteiger partial charge is 0.196 e. The SMILES string of the molecule is CO[C@]1(C[C@H](C)CO[Si](C)(C)C)O[C@H]([C@H](C)/C=C(\C)I)C[C@@]1(C)O[Si](C)(C)C. The molecule has 1 heterocycles. The molecule has 1 aliphatic heterocycles. The van der Waals surface area contributed by atoms with Gasteiger partial charge in [0.25, 0.3) is 0 Å². The van der Waals surface area contributed by atoms with E-state index in [4.69, 9.17) is 18.3 Å². The van der Waals surface area contributed by atoms with Crippen LogP contribution in [0.15, 0.2) is 9.66 Å². The van der Waals surface area contributed by atoms with Crippen molar-refractivity contribution >= 4 is 39.2 Å². The van der Waals surface area contributed by atoms with Gasteiger partial charge in [-0.1, -0.05) is 19.9 Å². The zero-order valence-electron chi connectivity index (χ0n) is 19.9. The van der Waals surface area contributed by atoms with Gasteiger partial charge in [0, 0.05) is 32.5 Å². The third-order valence-corrected chi connectivity index (χ3v) is 7.55. The first-order chi connectivity index (χ1) is 12.5. The van der Waals surface area contributed by atoms with Crippen LogP contribution >= 0.6 is 22.6 Å². The van der Waals surface area contributed by atoms with Crippen LogP contribution in [0.3, 0.4) is 0 Å². The van der Waals surface area contributed by atoms with Crippen LogP contribution in [-0.2, 0) is 18.3 Å². The Labute approximate surface area is 189 Å². The Kier molecular flexibility index (Phi) is 9.48. The summed E-state index contributed by atoms with van der Waals surface area (Å²) in [4.78, 5) is 0. The van der Waals surface area contributed by atoms with Crippen molar-refractivity contribution in [2.75, 3.05) is 13.7 Å². The predicted octanol–water partition coefficient (Wildman–Crippen LogP) is 6.58. The number of methoxy groups -OCH3 is 1. The molecule has 0 spiro atoms. The standard InChI is InChI=1S/C21H43IO4Si2/c1-16(15-24-27(6,7)8)13-21(23-5)20(4,26-28(9,10)11)14-19(25-21)17(2)12-18(3)22/h12,16-17,19H,13-15H2,1-11H3/b18-12+/t16-,17+,19-,20+,21+/m0/s1. The molecule has 1 rings (SSSR count). The quantitative estimate of drug-likeness (QED) is 0.231. The predicted molar refractivity (Wildman–Crippen MR) is 132 cm³/mol. The van der Waals surface area contributed by atoms with Crippen LogP contribution in [0.4, 0.5) is 0 Å². The minimum atomic E-state index is -1.80. The molecule has 5 atom stereocenters. The number of hydrogen-bond donors (Lipinski definition) is 0. The minimum absolute atomic E-state index is 0.0797. The van der Waals surface area contributed by atoms with E-state index in [1.165, 1.54) is 3.58 Å². The number of halogens is 1. The van der Waals surface area contributed by atoms with Crippen molar-refractivity contribution in [3.63, 3.8) is 0 Å². The molecule has 0 amide bonds. The van der Waals surface area contributed by atoms with E-state index in [9.17, 15) is 0 Å². The molecule has 0 bridgehead atoms. The van der Waals surface area contributed by atoms with E-state index in [1.54, 1.807) is 7.11 Å². The molecular formula is C21H43IO4Si2. The molecular weight excluding hydrogens is 499 g/mol. The highest BCUT2D eigenvalue weighted by molar-refractivity contribution is 14.1. The number of rotatable bonds is 10. The topological polar surface area (TPSA) is 36.9 Å². The molecule has 7 heteroatoms. The Hall–Kier alpha value is 0.744. The van der Waals surface area contributed by atoms with E-state index in [0.717, 1.165) is 19.4 Å². The average Bonchev–Trinajstić information content (AvgIpc) is 2.75. The van der Waals surface area contributed by atoms with Gasteiger partial charge >= 0.3 is 0 Å². The molecule has 0 aromatic carbocycles. The van der Waals surface area contributed by atoms with Crippen LogP contribution in [0, 0.1) is 11.8 Å². The van der Waals surface area contributed by atoms with Gasteiger partial charge in [-0.15, -0.1) is 0 Å². The zero-order valence-corrected chi connectivity index (χ0v) is 24.1. The maximum absolute atomic E-state index is 6.76. The molecule has 1 aliphatic rings. The Balaban J connectivity index is 3.14. The van der Waals surface area contributed by atoms with Crippen LogP contribution in [0.25, 0.3) is 0 Å². The fraction of sp³-hybridized carbons (Fsp3) is 0.905. The van der Waals surface area contributed by atoms with Gasteiger partial charge in [-0.3, -0.25) is 0 Å². The van der Waals surface area contributed by atoms with E-state index >= 15 is 0 Å². The van der Waals surface area contributed by atoms with Crippen LogP contribution in [0.1, 0.15) is 40.5 Å². The van der Waals surface area contributed by atoms with Gasteiger partial charge in [0.15, 0.2) is 22.4 Å². The van der Waals surface area contributed by atoms with Crippen LogP contribution < -0.4 is 0 Å². The molecule has 0 saturated carbocycles. The lowest BCUT2D eigenvalue weighted by atomic mass is 9.85. The largest absolute Gasteiger partial charge is 0.417 e. The first-order valence-corrected chi connectivity index (χ1v) is 18.3. The van der Waals surface area contributed by atoms with Crippen molar-refractivity contribution in [1.29, 1.82) is 0 Å². The van der Waals surface area contributed by atoms with E-state index in [1.807, 2.05) is 0 Å². The highest BCUT2D eigenvalue weighted by atomic mass is 127. The zero-order chi connectivity index (χ0) is 22.0. The summed E-state index contributed by atoms with van der Waals surface area (Å²) >= 11 is 2.37. The summed E-state index contributed by atoms with van der Waals surface area (Å²) in [5.41, 5.74) is -0.467. The summed E-state index contributed by atoms with van der Waals surface area (Å²) < 4.78 is 27.1. The van der Waals surface area contributed by atoms with Gasteiger partial charge in [0.2, 0.25) is 0 Å². The van der Waals surface area contributed by atoms with Gasteiger partial charge in [-0.05, 0) is 85.2 Å². The molecule has 0 aromatic rings. The second-order valence-electron chi connectivity index (χ2n) is 10.6. The molecule has 0 unspecified atom stereocenters. The fourth-order valence-corrected chi connectivity index (χ4v) is 6.97. The Bertz CT molecular complexity index is 540. The van der Waals surface area contributed by atoms with E-state index in [0.29, 0.717) is 11.8 Å². The van der Waals surface area contributed by atoms with Gasteiger partial charge < -0.3 is 18.3 Å². The van der Waals surface area contributed by atoms with Gasteiger partial charge in [-0.2, -0.15) is 0 Å². The maximum Gasteiger partial charge on any atom is 0.196 e. The molecule has 166 valence electrons. The average molecular weight is 543 g/mol. The third-order valence-electron chi connectivity index (χ3n) is 5.10. The minimum Gasteiger partial charge on any atom is -0.417 e. The molecule has 0 N–H and O–H groups in total. The fourth-order valence-electron chi connectivity index (χ4n) is 4.03. The molecule has 0 radical (unpaired) electrons. The first kappa shape index (κ1) is 26.8. The lowest BCUT2D eigenvalue weighted by Gasteiger charge is -2.45. The summed E-state index contributed by atoms with van der Waals surface area (Å²) in [5.74, 6) is -0.110. The second-order valence-corrected chi connectivity index (χ2v) is 21.3. The molecule has 0 aliphatic carbocycles. The van der Waals surface area contributed by atoms with Crippen molar-refractivity contribution in [3.05, 3.63) is 9.66 Å². The molecule has 4 nitrogen and oxygen atoms in total. The Morgan fingerprint density at radius 2 is 1.75 bits per heavy atom. The Morgan fingerprint density at radius 1 is 1.18 bits per heavy atom. The molecule has 28 heavy (non-hydrogen) atoms. The van der Waals surface area contributed by atoms with Crippen molar-refractivity contribution in [2.45, 2.75) is 97.3 Å². The normalized spacial score (nSPS) is 31.9. The maximum atomic E-state index is 6.76. The second kappa shape index (κ2) is 9.91. The molecule has 0 aromatic heterocycles. The lowest BCUT2D eigenvalue weighted by Crippen LogP contribution is -2.57. The van der Waals surface area contributed by atoms with Gasteiger partial charge in [0.1, 0.15) is 5.60 Å². The van der Waals surface area contributed by atoms with Crippen LogP contribution in [0.2, 0.25) is 39.3 Å². The van der Waals surface area contributed by atoms with Crippen LogP contribution in [0.5, 0.6) is 0 Å². The first-order valence-electron chi connectivity index (χ1n) is 10.4. The number of allylic oxidation sites excluding steroid dienone is 1. The summed E-state index contributed by atoms with van der Waals surface area (Å²) in [6.07, 6.45) is 3.97. The van der Waals surface area contributed by atoms with E-state index < -0.39 is 28.0 Å². The van der Waals surface area contributed by atoms with E-state index in [-0.39, 0.29) is 6.10 Å². The summed E-state index contributed by atoms with van der Waals surface area (Å²) in [6.45, 7) is 22.9. The summed E-state index contributed by atoms with van der Waals surface area (Å²) in [7, 11) is -1.58. The molecule has 1 fully saturated rings. The van der Waals surface area contributed by atoms with Crippen molar-refractivity contribution in [1.82, 2.24) is 0 Å². The highest BCUT2D eigenvalue weighted by Gasteiger charge is 2.60. The van der Waals surface area contributed by atoms with Crippen LogP contribution in [-0.4, -0.2) is 47.8 Å².